The monoisotopic (exact) mass is 260 g/mol. The average Bonchev–Trinajstić information content (AvgIpc) is 2.68. The highest BCUT2D eigenvalue weighted by atomic mass is 16.1. The molecule has 1 saturated carbocycles. The van der Waals surface area contributed by atoms with Gasteiger partial charge in [0.05, 0.1) is 0 Å². The zero-order valence-electron chi connectivity index (χ0n) is 11.5. The number of benzene rings is 1. The summed E-state index contributed by atoms with van der Waals surface area (Å²) in [4.78, 5) is 12.0. The third-order valence-corrected chi connectivity index (χ3v) is 3.85. The van der Waals surface area contributed by atoms with Crippen LogP contribution < -0.4 is 11.1 Å². The van der Waals surface area contributed by atoms with Crippen molar-refractivity contribution in [1.82, 2.24) is 5.32 Å². The second-order valence-electron chi connectivity index (χ2n) is 5.48. The fraction of sp³-hybridized carbons (Fsp3) is 0.562. The van der Waals surface area contributed by atoms with Crippen LogP contribution in [0.1, 0.15) is 56.6 Å². The molecule has 0 aliphatic heterocycles. The molecule has 0 heterocycles. The Morgan fingerprint density at radius 1 is 1.16 bits per heavy atom. The van der Waals surface area contributed by atoms with E-state index in [4.69, 9.17) is 5.73 Å². The van der Waals surface area contributed by atoms with Gasteiger partial charge in [-0.25, -0.2) is 0 Å². The predicted molar refractivity (Wildman–Crippen MR) is 77.6 cm³/mol. The van der Waals surface area contributed by atoms with Crippen molar-refractivity contribution in [3.05, 3.63) is 35.9 Å². The Bertz CT molecular complexity index is 383. The van der Waals surface area contributed by atoms with Crippen LogP contribution in [0.25, 0.3) is 0 Å². The number of nitrogens with one attached hydrogen (secondary N) is 1. The minimum absolute atomic E-state index is 0.0863. The Morgan fingerprint density at radius 2 is 1.79 bits per heavy atom. The molecular formula is C16H24N2O. The first-order valence-corrected chi connectivity index (χ1v) is 7.35. The smallest absolute Gasteiger partial charge is 0.222 e. The van der Waals surface area contributed by atoms with E-state index < -0.39 is 0 Å². The van der Waals surface area contributed by atoms with E-state index in [0.717, 1.165) is 18.4 Å². The maximum Gasteiger partial charge on any atom is 0.222 e. The van der Waals surface area contributed by atoms with Crippen molar-refractivity contribution in [2.75, 3.05) is 0 Å². The maximum absolute atomic E-state index is 12.0. The van der Waals surface area contributed by atoms with Crippen LogP contribution in [0.4, 0.5) is 0 Å². The van der Waals surface area contributed by atoms with Crippen LogP contribution in [0.15, 0.2) is 30.3 Å². The standard InChI is InChI=1S/C16H24N2O/c17-15(13-8-4-3-5-9-13)12-16(19)18-14-10-6-1-2-7-11-14/h3-5,8-9,14-15H,1-2,6-7,10-12,17H2,(H,18,19). The molecule has 1 atom stereocenters. The predicted octanol–water partition coefficient (Wildman–Crippen LogP) is 2.92. The van der Waals surface area contributed by atoms with Gasteiger partial charge in [0.2, 0.25) is 5.91 Å². The molecule has 1 aliphatic carbocycles. The lowest BCUT2D eigenvalue weighted by molar-refractivity contribution is -0.122. The first-order chi connectivity index (χ1) is 9.25. The number of carbonyl (C=O) groups is 1. The van der Waals surface area contributed by atoms with E-state index in [9.17, 15) is 4.79 Å². The van der Waals surface area contributed by atoms with E-state index in [1.54, 1.807) is 0 Å². The van der Waals surface area contributed by atoms with Gasteiger partial charge in [-0.15, -0.1) is 0 Å². The summed E-state index contributed by atoms with van der Waals surface area (Å²) >= 11 is 0. The Balaban J connectivity index is 1.80. The van der Waals surface area contributed by atoms with Gasteiger partial charge in [-0.05, 0) is 18.4 Å². The average molecular weight is 260 g/mol. The Hall–Kier alpha value is -1.35. The Labute approximate surface area is 115 Å². The van der Waals surface area contributed by atoms with Gasteiger partial charge in [0, 0.05) is 18.5 Å². The summed E-state index contributed by atoms with van der Waals surface area (Å²) in [6.45, 7) is 0. The number of hydrogen-bond acceptors (Lipinski definition) is 2. The van der Waals surface area contributed by atoms with Crippen molar-refractivity contribution in [3.63, 3.8) is 0 Å². The SMILES string of the molecule is NC(CC(=O)NC1CCCCCC1)c1ccccc1. The molecule has 1 aliphatic rings. The molecule has 3 N–H and O–H groups in total. The van der Waals surface area contributed by atoms with Gasteiger partial charge in [0.1, 0.15) is 0 Å². The van der Waals surface area contributed by atoms with Gasteiger partial charge in [-0.1, -0.05) is 56.0 Å². The number of amides is 1. The third kappa shape index (κ3) is 4.67. The molecule has 1 amide bonds. The highest BCUT2D eigenvalue weighted by Crippen LogP contribution is 2.18. The lowest BCUT2D eigenvalue weighted by Gasteiger charge is -2.18. The summed E-state index contributed by atoms with van der Waals surface area (Å²) < 4.78 is 0. The number of hydrogen-bond donors (Lipinski definition) is 2. The number of rotatable bonds is 4. The largest absolute Gasteiger partial charge is 0.353 e. The van der Waals surface area contributed by atoms with Crippen molar-refractivity contribution in [2.45, 2.75) is 57.0 Å². The fourth-order valence-electron chi connectivity index (χ4n) is 2.73. The van der Waals surface area contributed by atoms with E-state index >= 15 is 0 Å². The summed E-state index contributed by atoms with van der Waals surface area (Å²) in [6, 6.07) is 9.98. The van der Waals surface area contributed by atoms with E-state index in [2.05, 4.69) is 5.32 Å². The first-order valence-electron chi connectivity index (χ1n) is 7.35. The van der Waals surface area contributed by atoms with Crippen LogP contribution in [-0.2, 0) is 4.79 Å². The van der Waals surface area contributed by atoms with Crippen LogP contribution in [0.5, 0.6) is 0 Å². The van der Waals surface area contributed by atoms with E-state index in [0.29, 0.717) is 12.5 Å². The number of nitrogens with two attached hydrogens (primary N) is 1. The highest BCUT2D eigenvalue weighted by molar-refractivity contribution is 5.77. The Morgan fingerprint density at radius 3 is 2.42 bits per heavy atom. The second kappa shape index (κ2) is 7.29. The maximum atomic E-state index is 12.0. The molecule has 3 heteroatoms. The van der Waals surface area contributed by atoms with Gasteiger partial charge >= 0.3 is 0 Å². The molecule has 0 aromatic heterocycles. The van der Waals surface area contributed by atoms with Gasteiger partial charge in [-0.2, -0.15) is 0 Å². The molecule has 1 aromatic carbocycles. The molecule has 2 rings (SSSR count). The number of carbonyl (C=O) groups excluding carboxylic acids is 1. The van der Waals surface area contributed by atoms with Gasteiger partial charge in [-0.3, -0.25) is 4.79 Å². The summed E-state index contributed by atoms with van der Waals surface area (Å²) in [7, 11) is 0. The van der Waals surface area contributed by atoms with Crippen molar-refractivity contribution in [1.29, 1.82) is 0 Å². The van der Waals surface area contributed by atoms with Crippen molar-refractivity contribution in [2.24, 2.45) is 5.73 Å². The van der Waals surface area contributed by atoms with E-state index in [-0.39, 0.29) is 11.9 Å². The molecule has 0 bridgehead atoms. The summed E-state index contributed by atoms with van der Waals surface area (Å²) in [5, 5.41) is 3.14. The molecule has 0 spiro atoms. The molecule has 1 unspecified atom stereocenters. The molecule has 104 valence electrons. The summed E-state index contributed by atoms with van der Waals surface area (Å²) in [6.07, 6.45) is 7.68. The van der Waals surface area contributed by atoms with Crippen LogP contribution >= 0.6 is 0 Å². The first kappa shape index (κ1) is 14.1. The molecule has 0 saturated heterocycles. The summed E-state index contributed by atoms with van der Waals surface area (Å²) in [5.41, 5.74) is 7.10. The normalized spacial score (nSPS) is 18.6. The second-order valence-corrected chi connectivity index (χ2v) is 5.48. The van der Waals surface area contributed by atoms with Crippen molar-refractivity contribution >= 4 is 5.91 Å². The lowest BCUT2D eigenvalue weighted by Crippen LogP contribution is -2.36. The molecular weight excluding hydrogens is 236 g/mol. The third-order valence-electron chi connectivity index (χ3n) is 3.85. The van der Waals surface area contributed by atoms with Gasteiger partial charge < -0.3 is 11.1 Å². The van der Waals surface area contributed by atoms with Crippen LogP contribution in [0.2, 0.25) is 0 Å². The molecule has 1 aromatic rings. The summed E-state index contributed by atoms with van der Waals surface area (Å²) in [5.74, 6) is 0.0863. The van der Waals surface area contributed by atoms with Crippen molar-refractivity contribution in [3.8, 4) is 0 Å². The quantitative estimate of drug-likeness (QED) is 0.818. The van der Waals surface area contributed by atoms with Gasteiger partial charge in [0.15, 0.2) is 0 Å². The zero-order chi connectivity index (χ0) is 13.5. The molecule has 0 radical (unpaired) electrons. The van der Waals surface area contributed by atoms with Crippen LogP contribution in [0.3, 0.4) is 0 Å². The van der Waals surface area contributed by atoms with Crippen molar-refractivity contribution < 1.29 is 4.79 Å². The molecule has 19 heavy (non-hydrogen) atoms. The Kier molecular flexibility index (Phi) is 5.40. The lowest BCUT2D eigenvalue weighted by atomic mass is 10.0. The zero-order valence-corrected chi connectivity index (χ0v) is 11.5. The molecule has 1 fully saturated rings. The van der Waals surface area contributed by atoms with Crippen LogP contribution in [-0.4, -0.2) is 11.9 Å². The van der Waals surface area contributed by atoms with Gasteiger partial charge in [0.25, 0.3) is 0 Å². The van der Waals surface area contributed by atoms with Crippen LogP contribution in [0, 0.1) is 0 Å². The highest BCUT2D eigenvalue weighted by Gasteiger charge is 2.17. The van der Waals surface area contributed by atoms with E-state index in [1.807, 2.05) is 30.3 Å². The minimum Gasteiger partial charge on any atom is -0.353 e. The molecule has 3 nitrogen and oxygen atoms in total. The fourth-order valence-corrected chi connectivity index (χ4v) is 2.73. The topological polar surface area (TPSA) is 55.1 Å². The van der Waals surface area contributed by atoms with E-state index in [1.165, 1.54) is 25.7 Å². The minimum atomic E-state index is -0.202.